The minimum atomic E-state index is -0.798. The van der Waals surface area contributed by atoms with E-state index < -0.39 is 17.7 Å². The molecule has 3 aromatic carbocycles. The first-order valence-corrected chi connectivity index (χ1v) is 11.7. The van der Waals surface area contributed by atoms with Gasteiger partial charge in [-0.1, -0.05) is 35.9 Å². The maximum Gasteiger partial charge on any atom is 0.295 e. The predicted octanol–water partition coefficient (Wildman–Crippen LogP) is 5.03. The van der Waals surface area contributed by atoms with Crippen LogP contribution in [0.2, 0.25) is 0 Å². The number of ketones is 1. The Balaban J connectivity index is 1.84. The van der Waals surface area contributed by atoms with Gasteiger partial charge in [0.25, 0.3) is 11.7 Å². The van der Waals surface area contributed by atoms with Gasteiger partial charge in [-0.3, -0.25) is 9.59 Å². The first-order chi connectivity index (χ1) is 17.4. The zero-order valence-electron chi connectivity index (χ0n) is 20.8. The molecule has 0 radical (unpaired) electrons. The van der Waals surface area contributed by atoms with E-state index in [1.54, 1.807) is 43.5 Å². The number of hydrogen-bond acceptors (Lipinski definition) is 6. The van der Waals surface area contributed by atoms with Gasteiger partial charge in [-0.05, 0) is 61.4 Å². The van der Waals surface area contributed by atoms with Crippen LogP contribution in [-0.2, 0) is 16.1 Å². The number of carbonyl (C=O) groups is 2. The molecule has 1 unspecified atom stereocenters. The van der Waals surface area contributed by atoms with E-state index in [1.165, 1.54) is 12.0 Å². The summed E-state index contributed by atoms with van der Waals surface area (Å²) in [6.07, 6.45) is 0. The second-order valence-corrected chi connectivity index (χ2v) is 8.48. The highest BCUT2D eigenvalue weighted by Crippen LogP contribution is 2.42. The van der Waals surface area contributed by atoms with Crippen LogP contribution in [0.3, 0.4) is 0 Å². The number of likely N-dealkylation sites (tertiary alicyclic amines) is 1. The van der Waals surface area contributed by atoms with Crippen LogP contribution in [-0.4, -0.2) is 42.5 Å². The Morgan fingerprint density at radius 2 is 1.58 bits per heavy atom. The van der Waals surface area contributed by atoms with Crippen LogP contribution in [0.15, 0.2) is 72.3 Å². The van der Waals surface area contributed by atoms with Crippen LogP contribution < -0.4 is 14.2 Å². The van der Waals surface area contributed by atoms with E-state index in [9.17, 15) is 14.7 Å². The second kappa shape index (κ2) is 10.6. The molecule has 0 aromatic heterocycles. The average Bonchev–Trinajstić information content (AvgIpc) is 3.14. The van der Waals surface area contributed by atoms with Crippen molar-refractivity contribution in [2.75, 3.05) is 20.8 Å². The highest BCUT2D eigenvalue weighted by Gasteiger charge is 2.46. The molecule has 1 fully saturated rings. The number of carbonyl (C=O) groups excluding carboxylic acids is 2. The van der Waals surface area contributed by atoms with Gasteiger partial charge >= 0.3 is 0 Å². The fourth-order valence-corrected chi connectivity index (χ4v) is 4.38. The summed E-state index contributed by atoms with van der Waals surface area (Å²) in [7, 11) is 3.06. The van der Waals surface area contributed by atoms with Gasteiger partial charge in [0, 0.05) is 6.54 Å². The molecular formula is C29H29NO6. The average molecular weight is 488 g/mol. The summed E-state index contributed by atoms with van der Waals surface area (Å²) in [5, 5.41) is 11.4. The molecule has 1 aliphatic rings. The summed E-state index contributed by atoms with van der Waals surface area (Å²) in [5.74, 6) is 0.0676. The molecule has 1 saturated heterocycles. The number of Topliss-reactive ketones (excluding diaryl/α,β-unsaturated/α-hetero) is 1. The summed E-state index contributed by atoms with van der Waals surface area (Å²) in [6, 6.07) is 19.0. The van der Waals surface area contributed by atoms with E-state index in [-0.39, 0.29) is 17.9 Å². The van der Waals surface area contributed by atoms with Crippen molar-refractivity contribution in [2.24, 2.45) is 0 Å². The maximum absolute atomic E-state index is 13.4. The van der Waals surface area contributed by atoms with Crippen molar-refractivity contribution in [3.63, 3.8) is 0 Å². The number of nitrogens with zero attached hydrogens (tertiary/aromatic N) is 1. The lowest BCUT2D eigenvalue weighted by molar-refractivity contribution is -0.140. The van der Waals surface area contributed by atoms with Crippen molar-refractivity contribution in [2.45, 2.75) is 26.4 Å². The molecule has 7 heteroatoms. The normalized spacial score (nSPS) is 16.8. The molecule has 1 amide bonds. The topological polar surface area (TPSA) is 85.3 Å². The van der Waals surface area contributed by atoms with E-state index in [1.807, 2.05) is 44.2 Å². The number of aryl methyl sites for hydroxylation is 1. The molecule has 1 aliphatic heterocycles. The molecule has 7 nitrogen and oxygen atoms in total. The van der Waals surface area contributed by atoms with Gasteiger partial charge in [-0.15, -0.1) is 0 Å². The maximum atomic E-state index is 13.4. The van der Waals surface area contributed by atoms with Crippen LogP contribution in [0, 0.1) is 6.92 Å². The predicted molar refractivity (Wildman–Crippen MR) is 136 cm³/mol. The van der Waals surface area contributed by atoms with Gasteiger partial charge in [0.1, 0.15) is 23.0 Å². The standard InChI is InChI=1S/C29H29NO6/c1-5-36-22-11-7-19(8-12-22)17-30-26(20-9-13-21(34-3)14-10-20)25(28(32)29(30)33)27(31)23-16-18(2)6-15-24(23)35-4/h6-16,26,31H,5,17H2,1-4H3/b27-25+. The molecule has 3 aromatic rings. The molecule has 1 N–H and O–H groups in total. The molecule has 1 atom stereocenters. The van der Waals surface area contributed by atoms with E-state index in [4.69, 9.17) is 14.2 Å². The summed E-state index contributed by atoms with van der Waals surface area (Å²) in [4.78, 5) is 28.1. The molecule has 0 aliphatic carbocycles. The van der Waals surface area contributed by atoms with Crippen molar-refractivity contribution in [1.29, 1.82) is 0 Å². The number of ether oxygens (including phenoxy) is 3. The number of benzene rings is 3. The smallest absolute Gasteiger partial charge is 0.295 e. The highest BCUT2D eigenvalue weighted by molar-refractivity contribution is 6.46. The van der Waals surface area contributed by atoms with Crippen LogP contribution in [0.1, 0.15) is 35.2 Å². The molecule has 36 heavy (non-hydrogen) atoms. The van der Waals surface area contributed by atoms with Crippen molar-refractivity contribution in [3.8, 4) is 17.2 Å². The van der Waals surface area contributed by atoms with Gasteiger partial charge in [0.2, 0.25) is 0 Å². The Labute approximate surface area is 210 Å². The minimum absolute atomic E-state index is 0.0139. The third kappa shape index (κ3) is 4.77. The number of hydrogen-bond donors (Lipinski definition) is 1. The summed E-state index contributed by atoms with van der Waals surface area (Å²) >= 11 is 0. The van der Waals surface area contributed by atoms with Crippen LogP contribution in [0.25, 0.3) is 5.76 Å². The Morgan fingerprint density at radius 3 is 2.19 bits per heavy atom. The number of methoxy groups -OCH3 is 2. The molecular weight excluding hydrogens is 458 g/mol. The van der Waals surface area contributed by atoms with Crippen molar-refractivity contribution >= 4 is 17.4 Å². The molecule has 1 heterocycles. The first kappa shape index (κ1) is 24.9. The largest absolute Gasteiger partial charge is 0.507 e. The molecule has 186 valence electrons. The molecule has 0 spiro atoms. The number of aliphatic hydroxyl groups excluding tert-OH is 1. The fourth-order valence-electron chi connectivity index (χ4n) is 4.38. The Hall–Kier alpha value is -4.26. The molecule has 0 saturated carbocycles. The van der Waals surface area contributed by atoms with Gasteiger partial charge in [-0.25, -0.2) is 0 Å². The lowest BCUT2D eigenvalue weighted by Gasteiger charge is -2.26. The molecule has 4 rings (SSSR count). The van der Waals surface area contributed by atoms with Crippen LogP contribution in [0.4, 0.5) is 0 Å². The van der Waals surface area contributed by atoms with Crippen LogP contribution >= 0.6 is 0 Å². The zero-order valence-corrected chi connectivity index (χ0v) is 20.8. The van der Waals surface area contributed by atoms with Crippen molar-refractivity contribution in [3.05, 3.63) is 94.6 Å². The Bertz CT molecular complexity index is 1290. The third-order valence-electron chi connectivity index (χ3n) is 6.17. The molecule has 0 bridgehead atoms. The van der Waals surface area contributed by atoms with E-state index in [0.717, 1.165) is 16.9 Å². The lowest BCUT2D eigenvalue weighted by Crippen LogP contribution is -2.29. The van der Waals surface area contributed by atoms with Gasteiger partial charge in [0.05, 0.1) is 38.0 Å². The van der Waals surface area contributed by atoms with Crippen LogP contribution in [0.5, 0.6) is 17.2 Å². The van der Waals surface area contributed by atoms with E-state index in [0.29, 0.717) is 29.2 Å². The van der Waals surface area contributed by atoms with Gasteiger partial charge in [0.15, 0.2) is 0 Å². The first-order valence-electron chi connectivity index (χ1n) is 11.7. The summed E-state index contributed by atoms with van der Waals surface area (Å²) < 4.78 is 16.2. The summed E-state index contributed by atoms with van der Waals surface area (Å²) in [5.41, 5.74) is 2.75. The summed E-state index contributed by atoms with van der Waals surface area (Å²) in [6.45, 7) is 4.51. The second-order valence-electron chi connectivity index (χ2n) is 8.48. The van der Waals surface area contributed by atoms with Gasteiger partial charge < -0.3 is 24.2 Å². The van der Waals surface area contributed by atoms with E-state index >= 15 is 0 Å². The lowest BCUT2D eigenvalue weighted by atomic mass is 9.94. The number of rotatable bonds is 8. The van der Waals surface area contributed by atoms with Gasteiger partial charge in [-0.2, -0.15) is 0 Å². The van der Waals surface area contributed by atoms with Crippen molar-refractivity contribution < 1.29 is 28.9 Å². The monoisotopic (exact) mass is 487 g/mol. The zero-order chi connectivity index (χ0) is 25.8. The van der Waals surface area contributed by atoms with E-state index in [2.05, 4.69) is 0 Å². The number of amides is 1. The highest BCUT2D eigenvalue weighted by atomic mass is 16.5. The number of aliphatic hydroxyl groups is 1. The fraction of sp³-hybridized carbons (Fsp3) is 0.241. The Kier molecular flexibility index (Phi) is 7.29. The SMILES string of the molecule is CCOc1ccc(CN2C(=O)C(=O)/C(=C(/O)c3cc(C)ccc3OC)C2c2ccc(OC)cc2)cc1. The third-order valence-corrected chi connectivity index (χ3v) is 6.17. The quantitative estimate of drug-likeness (QED) is 0.272. The Morgan fingerprint density at radius 1 is 0.917 bits per heavy atom. The minimum Gasteiger partial charge on any atom is -0.507 e. The van der Waals surface area contributed by atoms with Crippen molar-refractivity contribution in [1.82, 2.24) is 4.90 Å².